The normalized spacial score (nSPS) is 18.4. The maximum Gasteiger partial charge on any atom is 0.123 e. The summed E-state index contributed by atoms with van der Waals surface area (Å²) < 4.78 is 8.12. The zero-order chi connectivity index (χ0) is 16.9. The van der Waals surface area contributed by atoms with Crippen molar-refractivity contribution in [3.05, 3.63) is 42.0 Å². The van der Waals surface area contributed by atoms with Crippen LogP contribution < -0.4 is 4.74 Å². The predicted octanol–water partition coefficient (Wildman–Crippen LogP) is 1.57. The molecule has 1 saturated heterocycles. The van der Waals surface area contributed by atoms with E-state index in [1.54, 1.807) is 0 Å². The third-order valence-electron chi connectivity index (χ3n) is 4.40. The Balaban J connectivity index is 1.48. The molecule has 24 heavy (non-hydrogen) atoms. The zero-order valence-corrected chi connectivity index (χ0v) is 14.9. The molecule has 130 valence electrons. The fourth-order valence-corrected chi connectivity index (χ4v) is 3.15. The standard InChI is InChI=1S/C18H27N5O/c1-21(2)13-15-12-17(5-8-19-15)24-18-7-11-23(14-18)10-6-16-4-9-20-22(16)3/h4-5,8-9,12,18H,6-7,10-11,13-14H2,1-3H3. The second kappa shape index (κ2) is 7.77. The lowest BCUT2D eigenvalue weighted by atomic mass is 10.3. The Morgan fingerprint density at radius 1 is 1.29 bits per heavy atom. The van der Waals surface area contributed by atoms with Gasteiger partial charge < -0.3 is 9.64 Å². The third-order valence-corrected chi connectivity index (χ3v) is 4.40. The highest BCUT2D eigenvalue weighted by molar-refractivity contribution is 5.23. The minimum atomic E-state index is 0.270. The van der Waals surface area contributed by atoms with E-state index in [9.17, 15) is 0 Å². The molecule has 6 nitrogen and oxygen atoms in total. The van der Waals surface area contributed by atoms with Gasteiger partial charge in [0.2, 0.25) is 0 Å². The van der Waals surface area contributed by atoms with Crippen molar-refractivity contribution in [2.24, 2.45) is 7.05 Å². The average Bonchev–Trinajstić information content (AvgIpc) is 3.14. The van der Waals surface area contributed by atoms with Gasteiger partial charge in [0.1, 0.15) is 11.9 Å². The molecule has 1 atom stereocenters. The van der Waals surface area contributed by atoms with Crippen molar-refractivity contribution in [2.45, 2.75) is 25.5 Å². The van der Waals surface area contributed by atoms with Gasteiger partial charge in [-0.05, 0) is 32.6 Å². The lowest BCUT2D eigenvalue weighted by Gasteiger charge is -2.17. The molecule has 0 N–H and O–H groups in total. The molecule has 3 rings (SSSR count). The third kappa shape index (κ3) is 4.55. The van der Waals surface area contributed by atoms with Crippen molar-refractivity contribution in [3.63, 3.8) is 0 Å². The highest BCUT2D eigenvalue weighted by Gasteiger charge is 2.24. The highest BCUT2D eigenvalue weighted by Crippen LogP contribution is 2.19. The van der Waals surface area contributed by atoms with Crippen LogP contribution in [0.5, 0.6) is 5.75 Å². The summed E-state index contributed by atoms with van der Waals surface area (Å²) in [6.07, 6.45) is 6.08. The summed E-state index contributed by atoms with van der Waals surface area (Å²) in [7, 11) is 6.10. The molecule has 0 aliphatic carbocycles. The minimum Gasteiger partial charge on any atom is -0.489 e. The summed E-state index contributed by atoms with van der Waals surface area (Å²) in [6, 6.07) is 6.10. The van der Waals surface area contributed by atoms with Gasteiger partial charge in [0.05, 0.1) is 5.69 Å². The topological polar surface area (TPSA) is 46.4 Å². The van der Waals surface area contributed by atoms with E-state index in [1.807, 2.05) is 44.3 Å². The number of nitrogens with zero attached hydrogens (tertiary/aromatic N) is 5. The van der Waals surface area contributed by atoms with E-state index in [2.05, 4.69) is 32.0 Å². The summed E-state index contributed by atoms with van der Waals surface area (Å²) in [5.74, 6) is 0.931. The number of pyridine rings is 1. The molecule has 0 radical (unpaired) electrons. The number of hydrogen-bond donors (Lipinski definition) is 0. The van der Waals surface area contributed by atoms with Gasteiger partial charge in [-0.3, -0.25) is 14.6 Å². The van der Waals surface area contributed by atoms with Crippen molar-refractivity contribution in [3.8, 4) is 5.75 Å². The smallest absolute Gasteiger partial charge is 0.123 e. The van der Waals surface area contributed by atoms with Crippen LogP contribution in [0.2, 0.25) is 0 Å². The van der Waals surface area contributed by atoms with Gasteiger partial charge in [-0.25, -0.2) is 0 Å². The molecule has 6 heteroatoms. The monoisotopic (exact) mass is 329 g/mol. The molecule has 1 aliphatic rings. The lowest BCUT2D eigenvalue weighted by Crippen LogP contribution is -2.27. The van der Waals surface area contributed by atoms with Crippen LogP contribution in [0.25, 0.3) is 0 Å². The van der Waals surface area contributed by atoms with Crippen LogP contribution in [0.4, 0.5) is 0 Å². The van der Waals surface area contributed by atoms with Crippen LogP contribution >= 0.6 is 0 Å². The lowest BCUT2D eigenvalue weighted by molar-refractivity contribution is 0.200. The largest absolute Gasteiger partial charge is 0.489 e. The van der Waals surface area contributed by atoms with Crippen molar-refractivity contribution in [1.29, 1.82) is 0 Å². The molecule has 0 aromatic carbocycles. The minimum absolute atomic E-state index is 0.270. The van der Waals surface area contributed by atoms with E-state index < -0.39 is 0 Å². The van der Waals surface area contributed by atoms with Crippen LogP contribution in [0.3, 0.4) is 0 Å². The van der Waals surface area contributed by atoms with Gasteiger partial charge in [0.25, 0.3) is 0 Å². The Hall–Kier alpha value is -1.92. The molecule has 2 aromatic rings. The van der Waals surface area contributed by atoms with Crippen LogP contribution in [-0.4, -0.2) is 64.4 Å². The first-order chi connectivity index (χ1) is 11.6. The summed E-state index contributed by atoms with van der Waals surface area (Å²) in [4.78, 5) is 8.98. The van der Waals surface area contributed by atoms with Crippen LogP contribution in [-0.2, 0) is 20.0 Å². The van der Waals surface area contributed by atoms with Gasteiger partial charge >= 0.3 is 0 Å². The zero-order valence-electron chi connectivity index (χ0n) is 14.9. The second-order valence-corrected chi connectivity index (χ2v) is 6.75. The molecule has 0 saturated carbocycles. The average molecular weight is 329 g/mol. The maximum atomic E-state index is 6.17. The first-order valence-electron chi connectivity index (χ1n) is 8.55. The maximum absolute atomic E-state index is 6.17. The molecule has 1 fully saturated rings. The predicted molar refractivity (Wildman–Crippen MR) is 94.0 cm³/mol. The highest BCUT2D eigenvalue weighted by atomic mass is 16.5. The van der Waals surface area contributed by atoms with Gasteiger partial charge in [-0.1, -0.05) is 0 Å². The van der Waals surface area contributed by atoms with E-state index in [-0.39, 0.29) is 6.10 Å². The van der Waals surface area contributed by atoms with Gasteiger partial charge in [0.15, 0.2) is 0 Å². The molecule has 1 aliphatic heterocycles. The van der Waals surface area contributed by atoms with Crippen LogP contribution in [0, 0.1) is 0 Å². The quantitative estimate of drug-likeness (QED) is 0.772. The summed E-state index contributed by atoms with van der Waals surface area (Å²) in [6.45, 7) is 3.97. The fourth-order valence-electron chi connectivity index (χ4n) is 3.15. The van der Waals surface area contributed by atoms with Gasteiger partial charge in [-0.2, -0.15) is 5.10 Å². The Kier molecular flexibility index (Phi) is 5.48. The van der Waals surface area contributed by atoms with E-state index in [4.69, 9.17) is 4.74 Å². The Morgan fingerprint density at radius 2 is 2.17 bits per heavy atom. The Labute approximate surface area is 144 Å². The molecular formula is C18H27N5O. The van der Waals surface area contributed by atoms with Crippen LogP contribution in [0.1, 0.15) is 17.8 Å². The van der Waals surface area contributed by atoms with Crippen molar-refractivity contribution >= 4 is 0 Å². The van der Waals surface area contributed by atoms with Gasteiger partial charge in [-0.15, -0.1) is 0 Å². The first-order valence-corrected chi connectivity index (χ1v) is 8.55. The van der Waals surface area contributed by atoms with Crippen molar-refractivity contribution < 1.29 is 4.74 Å². The number of aromatic nitrogens is 3. The number of rotatable bonds is 7. The Morgan fingerprint density at radius 3 is 2.92 bits per heavy atom. The number of ether oxygens (including phenoxy) is 1. The molecule has 0 amide bonds. The molecule has 0 spiro atoms. The molecule has 0 bridgehead atoms. The van der Waals surface area contributed by atoms with E-state index in [1.165, 1.54) is 5.69 Å². The van der Waals surface area contributed by atoms with Crippen molar-refractivity contribution in [2.75, 3.05) is 33.7 Å². The molecule has 3 heterocycles. The Bertz CT molecular complexity index is 654. The van der Waals surface area contributed by atoms with E-state index in [0.717, 1.165) is 50.5 Å². The van der Waals surface area contributed by atoms with Gasteiger partial charge in [0, 0.05) is 63.8 Å². The van der Waals surface area contributed by atoms with Crippen LogP contribution in [0.15, 0.2) is 30.6 Å². The SMILES string of the molecule is CN(C)Cc1cc(OC2CCN(CCc3ccnn3C)C2)ccn1. The number of hydrogen-bond acceptors (Lipinski definition) is 5. The molecule has 2 aromatic heterocycles. The second-order valence-electron chi connectivity index (χ2n) is 6.75. The first kappa shape index (κ1) is 16.9. The molecular weight excluding hydrogens is 302 g/mol. The number of likely N-dealkylation sites (tertiary alicyclic amines) is 1. The fraction of sp³-hybridized carbons (Fsp3) is 0.556. The summed E-state index contributed by atoms with van der Waals surface area (Å²) in [5, 5.41) is 4.23. The van der Waals surface area contributed by atoms with E-state index in [0.29, 0.717) is 0 Å². The van der Waals surface area contributed by atoms with E-state index >= 15 is 0 Å². The summed E-state index contributed by atoms with van der Waals surface area (Å²) >= 11 is 0. The number of aryl methyl sites for hydroxylation is 1. The molecule has 1 unspecified atom stereocenters. The summed E-state index contributed by atoms with van der Waals surface area (Å²) in [5.41, 5.74) is 2.32. The van der Waals surface area contributed by atoms with Crippen molar-refractivity contribution in [1.82, 2.24) is 24.6 Å².